The van der Waals surface area contributed by atoms with Crippen molar-refractivity contribution in [3.63, 3.8) is 0 Å². The van der Waals surface area contributed by atoms with Crippen LogP contribution in [0.2, 0.25) is 0 Å². The lowest BCUT2D eigenvalue weighted by atomic mass is 10.0. The van der Waals surface area contributed by atoms with Gasteiger partial charge in [-0.1, -0.05) is 5.16 Å². The highest BCUT2D eigenvalue weighted by Gasteiger charge is 2.26. The van der Waals surface area contributed by atoms with E-state index in [1.54, 1.807) is 25.1 Å². The number of hydrogen-bond acceptors (Lipinski definition) is 5. The zero-order chi connectivity index (χ0) is 15.1. The van der Waals surface area contributed by atoms with Crippen LogP contribution in [0, 0.1) is 6.92 Å². The maximum atomic E-state index is 11.6. The molecule has 1 unspecified atom stereocenters. The Kier molecular flexibility index (Phi) is 2.90. The number of aromatic carboxylic acids is 1. The maximum Gasteiger partial charge on any atom is 0.341 e. The average molecular weight is 288 g/mol. The molecule has 1 aliphatic heterocycles. The van der Waals surface area contributed by atoms with Gasteiger partial charge in [-0.25, -0.2) is 4.79 Å². The fraction of sp³-hybridized carbons (Fsp3) is 0.214. The van der Waals surface area contributed by atoms with Crippen molar-refractivity contribution < 1.29 is 24.0 Å². The predicted octanol–water partition coefficient (Wildman–Crippen LogP) is 2.07. The minimum Gasteiger partial charge on any atom is -0.479 e. The molecule has 1 aromatic heterocycles. The Labute approximate surface area is 119 Å². The number of ether oxygens (including phenoxy) is 1. The summed E-state index contributed by atoms with van der Waals surface area (Å²) >= 11 is 0. The van der Waals surface area contributed by atoms with Crippen molar-refractivity contribution in [1.29, 1.82) is 0 Å². The highest BCUT2D eigenvalue weighted by molar-refractivity contribution is 5.99. The second kappa shape index (κ2) is 4.62. The monoisotopic (exact) mass is 288 g/mol. The molecular weight excluding hydrogens is 276 g/mol. The Balaban J connectivity index is 2.08. The molecule has 3 rings (SSSR count). The summed E-state index contributed by atoms with van der Waals surface area (Å²) in [4.78, 5) is 22.9. The van der Waals surface area contributed by atoms with Crippen molar-refractivity contribution in [2.24, 2.45) is 0 Å². The second-order valence-corrected chi connectivity index (χ2v) is 4.73. The number of rotatable bonds is 2. The van der Waals surface area contributed by atoms with Gasteiger partial charge in [-0.05, 0) is 32.0 Å². The third-order valence-electron chi connectivity index (χ3n) is 3.26. The van der Waals surface area contributed by atoms with Gasteiger partial charge in [0.1, 0.15) is 22.8 Å². The molecule has 1 atom stereocenters. The molecule has 0 saturated carbocycles. The van der Waals surface area contributed by atoms with Crippen molar-refractivity contribution in [3.05, 3.63) is 29.5 Å². The summed E-state index contributed by atoms with van der Waals surface area (Å²) < 4.78 is 10.4. The summed E-state index contributed by atoms with van der Waals surface area (Å²) in [6, 6.07) is 4.95. The van der Waals surface area contributed by atoms with Crippen LogP contribution in [0.15, 0.2) is 22.7 Å². The normalized spacial score (nSPS) is 16.9. The fourth-order valence-electron chi connectivity index (χ4n) is 2.18. The van der Waals surface area contributed by atoms with Gasteiger partial charge < -0.3 is 19.7 Å². The molecule has 0 bridgehead atoms. The lowest BCUT2D eigenvalue weighted by molar-refractivity contribution is -0.122. The number of hydrogen-bond donors (Lipinski definition) is 2. The number of amides is 1. The lowest BCUT2D eigenvalue weighted by Crippen LogP contribution is -2.34. The molecule has 0 radical (unpaired) electrons. The van der Waals surface area contributed by atoms with Crippen LogP contribution in [-0.2, 0) is 4.79 Å². The quantitative estimate of drug-likeness (QED) is 0.877. The van der Waals surface area contributed by atoms with Crippen molar-refractivity contribution >= 4 is 17.6 Å². The van der Waals surface area contributed by atoms with Crippen molar-refractivity contribution in [2.45, 2.75) is 20.0 Å². The molecule has 108 valence electrons. The first-order chi connectivity index (χ1) is 9.97. The largest absolute Gasteiger partial charge is 0.479 e. The van der Waals surface area contributed by atoms with E-state index in [0.29, 0.717) is 17.0 Å². The zero-order valence-electron chi connectivity index (χ0n) is 11.3. The van der Waals surface area contributed by atoms with Gasteiger partial charge in [0.2, 0.25) is 0 Å². The molecule has 0 aliphatic carbocycles. The third kappa shape index (κ3) is 2.12. The molecule has 7 nitrogen and oxygen atoms in total. The van der Waals surface area contributed by atoms with Crippen LogP contribution in [0.25, 0.3) is 11.3 Å². The third-order valence-corrected chi connectivity index (χ3v) is 3.26. The summed E-state index contributed by atoms with van der Waals surface area (Å²) in [7, 11) is 0. The highest BCUT2D eigenvalue weighted by Crippen LogP contribution is 2.35. The summed E-state index contributed by atoms with van der Waals surface area (Å²) in [6.45, 7) is 3.18. The van der Waals surface area contributed by atoms with Gasteiger partial charge in [-0.15, -0.1) is 0 Å². The predicted molar refractivity (Wildman–Crippen MR) is 72.4 cm³/mol. The zero-order valence-corrected chi connectivity index (χ0v) is 11.3. The summed E-state index contributed by atoms with van der Waals surface area (Å²) in [5.74, 6) is -0.614. The van der Waals surface area contributed by atoms with Gasteiger partial charge in [-0.2, -0.15) is 0 Å². The molecule has 0 saturated heterocycles. The standard InChI is InChI=1S/C14H12N2O5/c1-6-11(14(18)19)12(16-21-6)8-3-4-10-9(5-8)15-13(17)7(2)20-10/h3-5,7H,1-2H3,(H,15,17)(H,18,19). The molecule has 7 heteroatoms. The van der Waals surface area contributed by atoms with E-state index in [9.17, 15) is 14.7 Å². The first-order valence-corrected chi connectivity index (χ1v) is 6.29. The molecule has 21 heavy (non-hydrogen) atoms. The van der Waals surface area contributed by atoms with E-state index in [1.807, 2.05) is 0 Å². The minimum absolute atomic E-state index is 0.00590. The van der Waals surface area contributed by atoms with Gasteiger partial charge in [-0.3, -0.25) is 4.79 Å². The first-order valence-electron chi connectivity index (χ1n) is 6.29. The first kappa shape index (κ1) is 13.2. The van der Waals surface area contributed by atoms with Crippen molar-refractivity contribution in [2.75, 3.05) is 5.32 Å². The molecule has 0 fully saturated rings. The van der Waals surface area contributed by atoms with Crippen LogP contribution in [-0.4, -0.2) is 28.2 Å². The molecular formula is C14H12N2O5. The van der Waals surface area contributed by atoms with Crippen LogP contribution >= 0.6 is 0 Å². The topological polar surface area (TPSA) is 102 Å². The minimum atomic E-state index is -1.12. The Morgan fingerprint density at radius 2 is 2.19 bits per heavy atom. The van der Waals surface area contributed by atoms with E-state index in [4.69, 9.17) is 9.26 Å². The van der Waals surface area contributed by atoms with Crippen LogP contribution < -0.4 is 10.1 Å². The van der Waals surface area contributed by atoms with Crippen molar-refractivity contribution in [1.82, 2.24) is 5.16 Å². The smallest absolute Gasteiger partial charge is 0.341 e. The van der Waals surface area contributed by atoms with Gasteiger partial charge in [0.25, 0.3) is 5.91 Å². The van der Waals surface area contributed by atoms with Crippen molar-refractivity contribution in [3.8, 4) is 17.0 Å². The number of anilines is 1. The number of carboxylic acid groups (broad SMARTS) is 1. The number of carbonyl (C=O) groups is 2. The van der Waals surface area contributed by atoms with Crippen LogP contribution in [0.4, 0.5) is 5.69 Å². The Bertz CT molecular complexity index is 750. The maximum absolute atomic E-state index is 11.6. The number of benzene rings is 1. The van der Waals surface area contributed by atoms with E-state index in [1.165, 1.54) is 6.92 Å². The van der Waals surface area contributed by atoms with Gasteiger partial charge in [0.15, 0.2) is 6.10 Å². The summed E-state index contributed by atoms with van der Waals surface area (Å²) in [5, 5.41) is 15.7. The number of aromatic nitrogens is 1. The lowest BCUT2D eigenvalue weighted by Gasteiger charge is -2.23. The van der Waals surface area contributed by atoms with E-state index in [0.717, 1.165) is 0 Å². The number of fused-ring (bicyclic) bond motifs is 1. The molecule has 1 aromatic carbocycles. The van der Waals surface area contributed by atoms with Crippen LogP contribution in [0.1, 0.15) is 23.0 Å². The summed E-state index contributed by atoms with van der Waals surface area (Å²) in [5.41, 5.74) is 1.23. The number of nitrogens with zero attached hydrogens (tertiary/aromatic N) is 1. The number of carboxylic acids is 1. The fourth-order valence-corrected chi connectivity index (χ4v) is 2.18. The molecule has 1 amide bonds. The van der Waals surface area contributed by atoms with Crippen LogP contribution in [0.3, 0.4) is 0 Å². The molecule has 2 N–H and O–H groups in total. The summed E-state index contributed by atoms with van der Waals surface area (Å²) in [6.07, 6.45) is -0.563. The number of aryl methyl sites for hydroxylation is 1. The average Bonchev–Trinajstić information content (AvgIpc) is 2.81. The molecule has 2 heterocycles. The van der Waals surface area contributed by atoms with Crippen LogP contribution in [0.5, 0.6) is 5.75 Å². The van der Waals surface area contributed by atoms with E-state index in [2.05, 4.69) is 10.5 Å². The highest BCUT2D eigenvalue weighted by atomic mass is 16.5. The van der Waals surface area contributed by atoms with E-state index < -0.39 is 12.1 Å². The number of nitrogens with one attached hydrogen (secondary N) is 1. The molecule has 1 aliphatic rings. The molecule has 0 spiro atoms. The van der Waals surface area contributed by atoms with Gasteiger partial charge in [0, 0.05) is 5.56 Å². The molecule has 2 aromatic rings. The Morgan fingerprint density at radius 1 is 1.43 bits per heavy atom. The Morgan fingerprint density at radius 3 is 2.90 bits per heavy atom. The Hall–Kier alpha value is -2.83. The second-order valence-electron chi connectivity index (χ2n) is 4.73. The van der Waals surface area contributed by atoms with Gasteiger partial charge in [0.05, 0.1) is 5.69 Å². The van der Waals surface area contributed by atoms with E-state index >= 15 is 0 Å². The van der Waals surface area contributed by atoms with Gasteiger partial charge >= 0.3 is 5.97 Å². The SMILES string of the molecule is Cc1onc(-c2ccc3c(c2)NC(=O)C(C)O3)c1C(=O)O. The van der Waals surface area contributed by atoms with E-state index in [-0.39, 0.29) is 22.9 Å². The number of carbonyl (C=O) groups excluding carboxylic acids is 1.